The second-order valence-corrected chi connectivity index (χ2v) is 6.86. The van der Waals surface area contributed by atoms with Crippen molar-refractivity contribution in [3.63, 3.8) is 0 Å². The Morgan fingerprint density at radius 1 is 1.48 bits per heavy atom. The summed E-state index contributed by atoms with van der Waals surface area (Å²) in [5.74, 6) is -0.157. The van der Waals surface area contributed by atoms with E-state index in [-0.39, 0.29) is 12.5 Å². The smallest absolute Gasteiger partial charge is 0.330 e. The van der Waals surface area contributed by atoms with Gasteiger partial charge in [-0.1, -0.05) is 20.8 Å². The van der Waals surface area contributed by atoms with Gasteiger partial charge in [0.1, 0.15) is 12.3 Å². The SMILES string of the molecule is Cc1cn([C@@H]2C[C@@H](NC(=O)C(C)(C)C)[C@H](CO)O2)c(=O)[nH]c1=O. The molecule has 23 heavy (non-hydrogen) atoms. The maximum atomic E-state index is 12.1. The monoisotopic (exact) mass is 325 g/mol. The number of carbonyl (C=O) groups is 1. The van der Waals surface area contributed by atoms with E-state index in [0.29, 0.717) is 12.0 Å². The molecule has 0 bridgehead atoms. The van der Waals surface area contributed by atoms with E-state index in [1.165, 1.54) is 10.8 Å². The molecule has 3 atom stereocenters. The minimum absolute atomic E-state index is 0.157. The third kappa shape index (κ3) is 3.70. The molecule has 1 aromatic heterocycles. The van der Waals surface area contributed by atoms with E-state index in [2.05, 4.69) is 10.3 Å². The topological polar surface area (TPSA) is 113 Å². The number of amides is 1. The number of aromatic nitrogens is 2. The highest BCUT2D eigenvalue weighted by Crippen LogP contribution is 2.28. The van der Waals surface area contributed by atoms with E-state index in [4.69, 9.17) is 4.74 Å². The van der Waals surface area contributed by atoms with Gasteiger partial charge >= 0.3 is 5.69 Å². The Balaban J connectivity index is 2.22. The number of aliphatic hydroxyl groups is 1. The maximum absolute atomic E-state index is 12.1. The normalized spacial score (nSPS) is 24.7. The minimum atomic E-state index is -0.652. The van der Waals surface area contributed by atoms with Crippen molar-refractivity contribution >= 4 is 5.91 Å². The van der Waals surface area contributed by atoms with Crippen LogP contribution < -0.4 is 16.6 Å². The Labute approximate surface area is 133 Å². The molecular weight excluding hydrogens is 302 g/mol. The Hall–Kier alpha value is -1.93. The molecule has 1 fully saturated rings. The third-order valence-corrected chi connectivity index (χ3v) is 3.87. The summed E-state index contributed by atoms with van der Waals surface area (Å²) in [6.07, 6.45) is 0.498. The average Bonchev–Trinajstić information content (AvgIpc) is 2.84. The predicted molar refractivity (Wildman–Crippen MR) is 83.1 cm³/mol. The number of ether oxygens (including phenoxy) is 1. The fourth-order valence-electron chi connectivity index (χ4n) is 2.41. The number of hydrogen-bond donors (Lipinski definition) is 3. The van der Waals surface area contributed by atoms with Gasteiger partial charge in [0.2, 0.25) is 5.91 Å². The first kappa shape index (κ1) is 17.4. The van der Waals surface area contributed by atoms with Crippen LogP contribution in [0.4, 0.5) is 0 Å². The van der Waals surface area contributed by atoms with Gasteiger partial charge in [0.25, 0.3) is 5.56 Å². The van der Waals surface area contributed by atoms with Crippen LogP contribution in [-0.4, -0.2) is 39.3 Å². The summed E-state index contributed by atoms with van der Waals surface area (Å²) in [4.78, 5) is 37.7. The molecule has 0 aliphatic carbocycles. The zero-order chi connectivity index (χ0) is 17.4. The van der Waals surface area contributed by atoms with Crippen LogP contribution >= 0.6 is 0 Å². The highest BCUT2D eigenvalue weighted by molar-refractivity contribution is 5.81. The molecule has 8 nitrogen and oxygen atoms in total. The fourth-order valence-corrected chi connectivity index (χ4v) is 2.41. The van der Waals surface area contributed by atoms with E-state index in [9.17, 15) is 19.5 Å². The van der Waals surface area contributed by atoms with Gasteiger partial charge in [-0.2, -0.15) is 0 Å². The standard InChI is InChI=1S/C15H23N3O5/c1-8-6-18(14(22)17-12(8)20)11-5-9(10(7-19)23-11)16-13(21)15(2,3)4/h6,9-11,19H,5,7H2,1-4H3,(H,16,21)(H,17,20,22)/t9-,10+,11+/m1/s1. The van der Waals surface area contributed by atoms with Gasteiger partial charge in [0.05, 0.1) is 12.6 Å². The van der Waals surface area contributed by atoms with Crippen LogP contribution in [0.1, 0.15) is 39.0 Å². The summed E-state index contributed by atoms with van der Waals surface area (Å²) >= 11 is 0. The van der Waals surface area contributed by atoms with Crippen molar-refractivity contribution in [2.24, 2.45) is 5.41 Å². The van der Waals surface area contributed by atoms with Gasteiger partial charge in [-0.25, -0.2) is 4.79 Å². The molecule has 3 N–H and O–H groups in total. The summed E-state index contributed by atoms with van der Waals surface area (Å²) in [6, 6.07) is -0.407. The van der Waals surface area contributed by atoms with Crippen LogP contribution in [0.5, 0.6) is 0 Å². The molecular formula is C15H23N3O5. The second kappa shape index (κ2) is 6.29. The molecule has 0 aromatic carbocycles. The van der Waals surface area contributed by atoms with Gasteiger partial charge in [0, 0.05) is 23.6 Å². The first-order valence-electron chi connectivity index (χ1n) is 7.53. The van der Waals surface area contributed by atoms with Crippen molar-refractivity contribution in [2.45, 2.75) is 52.5 Å². The number of aliphatic hydroxyl groups excluding tert-OH is 1. The first-order chi connectivity index (χ1) is 10.6. The van der Waals surface area contributed by atoms with Crippen molar-refractivity contribution in [1.29, 1.82) is 0 Å². The average molecular weight is 325 g/mol. The van der Waals surface area contributed by atoms with Crippen LogP contribution in [0.3, 0.4) is 0 Å². The Kier molecular flexibility index (Phi) is 4.76. The lowest BCUT2D eigenvalue weighted by molar-refractivity contribution is -0.129. The first-order valence-corrected chi connectivity index (χ1v) is 7.53. The second-order valence-electron chi connectivity index (χ2n) is 6.86. The number of aryl methyl sites for hydroxylation is 1. The largest absolute Gasteiger partial charge is 0.394 e. The van der Waals surface area contributed by atoms with Gasteiger partial charge in [-0.3, -0.25) is 19.1 Å². The van der Waals surface area contributed by atoms with E-state index in [0.717, 1.165) is 0 Å². The van der Waals surface area contributed by atoms with Crippen molar-refractivity contribution in [2.75, 3.05) is 6.61 Å². The molecule has 128 valence electrons. The predicted octanol–water partition coefficient (Wildman–Crippen LogP) is -0.344. The van der Waals surface area contributed by atoms with E-state index < -0.39 is 35.0 Å². The fraction of sp³-hybridized carbons (Fsp3) is 0.667. The number of aromatic amines is 1. The Morgan fingerprint density at radius 3 is 2.70 bits per heavy atom. The van der Waals surface area contributed by atoms with E-state index >= 15 is 0 Å². The highest BCUT2D eigenvalue weighted by atomic mass is 16.5. The number of hydrogen-bond acceptors (Lipinski definition) is 5. The Bertz CT molecular complexity index is 700. The number of nitrogens with one attached hydrogen (secondary N) is 2. The zero-order valence-corrected chi connectivity index (χ0v) is 13.8. The van der Waals surface area contributed by atoms with Gasteiger partial charge in [-0.15, -0.1) is 0 Å². The number of H-pyrrole nitrogens is 1. The molecule has 8 heteroatoms. The summed E-state index contributed by atoms with van der Waals surface area (Å²) in [6.45, 7) is 6.69. The zero-order valence-electron chi connectivity index (χ0n) is 13.8. The van der Waals surface area contributed by atoms with Gasteiger partial charge in [0.15, 0.2) is 0 Å². The molecule has 1 aliphatic heterocycles. The van der Waals surface area contributed by atoms with Crippen LogP contribution in [0, 0.1) is 12.3 Å². The van der Waals surface area contributed by atoms with Crippen LogP contribution in [0.25, 0.3) is 0 Å². The van der Waals surface area contributed by atoms with Crippen molar-refractivity contribution < 1.29 is 14.6 Å². The minimum Gasteiger partial charge on any atom is -0.394 e. The number of rotatable bonds is 3. The summed E-state index contributed by atoms with van der Waals surface area (Å²) < 4.78 is 6.96. The van der Waals surface area contributed by atoms with Crippen LogP contribution in [0.15, 0.2) is 15.8 Å². The molecule has 2 rings (SSSR count). The number of carbonyl (C=O) groups excluding carboxylic acids is 1. The molecule has 1 amide bonds. The maximum Gasteiger partial charge on any atom is 0.330 e. The molecule has 0 spiro atoms. The van der Waals surface area contributed by atoms with Crippen molar-refractivity contribution in [3.8, 4) is 0 Å². The molecule has 0 saturated carbocycles. The lowest BCUT2D eigenvalue weighted by Gasteiger charge is -2.23. The van der Waals surface area contributed by atoms with Gasteiger partial charge < -0.3 is 15.2 Å². The van der Waals surface area contributed by atoms with Crippen molar-refractivity contribution in [3.05, 3.63) is 32.6 Å². The molecule has 1 saturated heterocycles. The third-order valence-electron chi connectivity index (χ3n) is 3.87. The molecule has 1 aromatic rings. The lowest BCUT2D eigenvalue weighted by Crippen LogP contribution is -2.46. The van der Waals surface area contributed by atoms with Crippen LogP contribution in [0.2, 0.25) is 0 Å². The summed E-state index contributed by atoms with van der Waals surface area (Å²) in [5, 5.41) is 12.3. The molecule has 0 unspecified atom stereocenters. The van der Waals surface area contributed by atoms with E-state index in [1.54, 1.807) is 27.7 Å². The molecule has 0 radical (unpaired) electrons. The Morgan fingerprint density at radius 2 is 2.13 bits per heavy atom. The molecule has 1 aliphatic rings. The molecule has 2 heterocycles. The summed E-state index contributed by atoms with van der Waals surface area (Å²) in [5.41, 5.74) is -1.20. The van der Waals surface area contributed by atoms with Crippen molar-refractivity contribution in [1.82, 2.24) is 14.9 Å². The quantitative estimate of drug-likeness (QED) is 0.703. The highest BCUT2D eigenvalue weighted by Gasteiger charge is 2.38. The summed E-state index contributed by atoms with van der Waals surface area (Å²) in [7, 11) is 0. The lowest BCUT2D eigenvalue weighted by atomic mass is 9.94. The van der Waals surface area contributed by atoms with E-state index in [1.807, 2.05) is 0 Å². The number of nitrogens with zero attached hydrogens (tertiary/aromatic N) is 1. The van der Waals surface area contributed by atoms with Gasteiger partial charge in [-0.05, 0) is 6.92 Å². The van der Waals surface area contributed by atoms with Crippen LogP contribution in [-0.2, 0) is 9.53 Å².